The van der Waals surface area contributed by atoms with E-state index in [0.717, 1.165) is 12.0 Å². The van der Waals surface area contributed by atoms with Crippen molar-refractivity contribution < 1.29 is 14.3 Å². The van der Waals surface area contributed by atoms with E-state index in [1.165, 1.54) is 0 Å². The number of hydrogen-bond donors (Lipinski definition) is 1. The van der Waals surface area contributed by atoms with Crippen molar-refractivity contribution in [3.63, 3.8) is 0 Å². The Morgan fingerprint density at radius 3 is 2.64 bits per heavy atom. The van der Waals surface area contributed by atoms with Crippen LogP contribution in [0, 0.1) is 0 Å². The third-order valence-electron chi connectivity index (χ3n) is 3.75. The van der Waals surface area contributed by atoms with Crippen LogP contribution in [0.2, 0.25) is 0 Å². The third-order valence-corrected chi connectivity index (χ3v) is 3.75. The topological polar surface area (TPSA) is 47.6 Å². The van der Waals surface area contributed by atoms with Crippen molar-refractivity contribution >= 4 is 11.6 Å². The number of rotatable bonds is 4. The zero-order valence-electron chi connectivity index (χ0n) is 12.5. The lowest BCUT2D eigenvalue weighted by Crippen LogP contribution is -2.22. The molecule has 1 aliphatic rings. The number of carbonyl (C=O) groups is 1. The first kappa shape index (κ1) is 14.4. The molecule has 1 heterocycles. The molecule has 1 unspecified atom stereocenters. The molecular formula is C18H19NO3. The molecule has 0 spiro atoms. The van der Waals surface area contributed by atoms with Gasteiger partial charge in [-0.3, -0.25) is 4.79 Å². The van der Waals surface area contributed by atoms with Gasteiger partial charge in [0.05, 0.1) is 11.6 Å². The number of anilines is 1. The molecule has 0 saturated carbocycles. The lowest BCUT2D eigenvalue weighted by molar-refractivity contribution is -0.117. The molecule has 1 atom stereocenters. The van der Waals surface area contributed by atoms with E-state index < -0.39 is 0 Å². The standard InChI is InChI=1S/C18H19NO3/c1-2-14(13-7-4-3-5-8-13)18(20)19-15-9-6-10-16-17(15)22-12-11-21-16/h3-10,14H,2,11-12H2,1H3,(H,19,20). The van der Waals surface area contributed by atoms with Crippen LogP contribution >= 0.6 is 0 Å². The van der Waals surface area contributed by atoms with Crippen LogP contribution in [0.15, 0.2) is 48.5 Å². The largest absolute Gasteiger partial charge is 0.486 e. The summed E-state index contributed by atoms with van der Waals surface area (Å²) >= 11 is 0. The summed E-state index contributed by atoms with van der Waals surface area (Å²) in [7, 11) is 0. The first-order chi connectivity index (χ1) is 10.8. The molecule has 1 amide bonds. The number of fused-ring (bicyclic) bond motifs is 1. The van der Waals surface area contributed by atoms with Crippen molar-refractivity contribution in [3.8, 4) is 11.5 Å². The maximum absolute atomic E-state index is 12.6. The summed E-state index contributed by atoms with van der Waals surface area (Å²) in [6.07, 6.45) is 0.738. The molecule has 2 aromatic carbocycles. The number of carbonyl (C=O) groups excluding carboxylic acids is 1. The van der Waals surface area contributed by atoms with Crippen LogP contribution in [0.4, 0.5) is 5.69 Å². The van der Waals surface area contributed by atoms with E-state index in [4.69, 9.17) is 9.47 Å². The molecule has 0 radical (unpaired) electrons. The first-order valence-corrected chi connectivity index (χ1v) is 7.54. The van der Waals surface area contributed by atoms with Crippen LogP contribution in [0.25, 0.3) is 0 Å². The fourth-order valence-corrected chi connectivity index (χ4v) is 2.65. The molecule has 2 aromatic rings. The first-order valence-electron chi connectivity index (χ1n) is 7.54. The Labute approximate surface area is 130 Å². The Hall–Kier alpha value is -2.49. The highest BCUT2D eigenvalue weighted by molar-refractivity contribution is 5.97. The number of amides is 1. The monoisotopic (exact) mass is 297 g/mol. The van der Waals surface area contributed by atoms with E-state index in [1.807, 2.05) is 55.5 Å². The Bertz CT molecular complexity index is 655. The van der Waals surface area contributed by atoms with Crippen molar-refractivity contribution in [1.29, 1.82) is 0 Å². The van der Waals surface area contributed by atoms with E-state index in [9.17, 15) is 4.79 Å². The Kier molecular flexibility index (Phi) is 4.28. The maximum atomic E-state index is 12.6. The summed E-state index contributed by atoms with van der Waals surface area (Å²) in [5.74, 6) is 1.08. The van der Waals surface area contributed by atoms with Crippen molar-refractivity contribution in [2.45, 2.75) is 19.3 Å². The molecule has 0 bridgehead atoms. The van der Waals surface area contributed by atoms with Gasteiger partial charge in [-0.05, 0) is 24.1 Å². The van der Waals surface area contributed by atoms with Gasteiger partial charge in [0.15, 0.2) is 11.5 Å². The van der Waals surface area contributed by atoms with E-state index in [0.29, 0.717) is 30.4 Å². The molecule has 1 N–H and O–H groups in total. The SMILES string of the molecule is CCC(C(=O)Nc1cccc2c1OCCO2)c1ccccc1. The van der Waals surface area contributed by atoms with Crippen LogP contribution in [-0.4, -0.2) is 19.1 Å². The van der Waals surface area contributed by atoms with Gasteiger partial charge in [0.1, 0.15) is 13.2 Å². The second-order valence-corrected chi connectivity index (χ2v) is 5.19. The smallest absolute Gasteiger partial charge is 0.232 e. The zero-order chi connectivity index (χ0) is 15.4. The predicted molar refractivity (Wildman–Crippen MR) is 85.5 cm³/mol. The lowest BCUT2D eigenvalue weighted by Gasteiger charge is -2.22. The van der Waals surface area contributed by atoms with Crippen LogP contribution in [0.1, 0.15) is 24.8 Å². The van der Waals surface area contributed by atoms with Gasteiger partial charge in [0, 0.05) is 0 Å². The van der Waals surface area contributed by atoms with Crippen LogP contribution in [-0.2, 0) is 4.79 Å². The molecule has 3 rings (SSSR count). The minimum Gasteiger partial charge on any atom is -0.486 e. The van der Waals surface area contributed by atoms with Gasteiger partial charge in [0.25, 0.3) is 0 Å². The molecule has 0 fully saturated rings. The van der Waals surface area contributed by atoms with Gasteiger partial charge < -0.3 is 14.8 Å². The quantitative estimate of drug-likeness (QED) is 0.938. The van der Waals surface area contributed by atoms with Crippen LogP contribution in [0.3, 0.4) is 0 Å². The normalized spacial score (nSPS) is 14.2. The molecule has 114 valence electrons. The summed E-state index contributed by atoms with van der Waals surface area (Å²) in [4.78, 5) is 12.6. The fourth-order valence-electron chi connectivity index (χ4n) is 2.65. The third kappa shape index (κ3) is 2.91. The minimum atomic E-state index is -0.179. The number of para-hydroxylation sites is 1. The summed E-state index contributed by atoms with van der Waals surface area (Å²) < 4.78 is 11.2. The average molecular weight is 297 g/mol. The molecule has 0 aliphatic carbocycles. The molecule has 4 nitrogen and oxygen atoms in total. The van der Waals surface area contributed by atoms with E-state index in [1.54, 1.807) is 0 Å². The van der Waals surface area contributed by atoms with Crippen molar-refractivity contribution in [2.75, 3.05) is 18.5 Å². The Morgan fingerprint density at radius 1 is 1.09 bits per heavy atom. The summed E-state index contributed by atoms with van der Waals surface area (Å²) in [5.41, 5.74) is 1.68. The number of nitrogens with one attached hydrogen (secondary N) is 1. The highest BCUT2D eigenvalue weighted by Crippen LogP contribution is 2.37. The van der Waals surface area contributed by atoms with E-state index >= 15 is 0 Å². The zero-order valence-corrected chi connectivity index (χ0v) is 12.5. The molecule has 22 heavy (non-hydrogen) atoms. The second kappa shape index (κ2) is 6.52. The van der Waals surface area contributed by atoms with Crippen LogP contribution < -0.4 is 14.8 Å². The molecule has 0 saturated heterocycles. The predicted octanol–water partition coefficient (Wildman–Crippen LogP) is 3.59. The Morgan fingerprint density at radius 2 is 1.86 bits per heavy atom. The molecule has 0 aromatic heterocycles. The average Bonchev–Trinajstić information content (AvgIpc) is 2.57. The summed E-state index contributed by atoms with van der Waals surface area (Å²) in [5, 5.41) is 2.98. The van der Waals surface area contributed by atoms with Crippen molar-refractivity contribution in [2.24, 2.45) is 0 Å². The van der Waals surface area contributed by atoms with Gasteiger partial charge in [-0.2, -0.15) is 0 Å². The van der Waals surface area contributed by atoms with Crippen molar-refractivity contribution in [1.82, 2.24) is 0 Å². The fraction of sp³-hybridized carbons (Fsp3) is 0.278. The van der Waals surface area contributed by atoms with E-state index in [-0.39, 0.29) is 11.8 Å². The van der Waals surface area contributed by atoms with E-state index in [2.05, 4.69) is 5.32 Å². The highest BCUT2D eigenvalue weighted by Gasteiger charge is 2.22. The van der Waals surface area contributed by atoms with Gasteiger partial charge in [-0.15, -0.1) is 0 Å². The van der Waals surface area contributed by atoms with Crippen molar-refractivity contribution in [3.05, 3.63) is 54.1 Å². The van der Waals surface area contributed by atoms with Gasteiger partial charge >= 0.3 is 0 Å². The highest BCUT2D eigenvalue weighted by atomic mass is 16.6. The number of benzene rings is 2. The summed E-state index contributed by atoms with van der Waals surface area (Å²) in [6.45, 7) is 3.04. The molecular weight excluding hydrogens is 278 g/mol. The van der Waals surface area contributed by atoms with Crippen LogP contribution in [0.5, 0.6) is 11.5 Å². The van der Waals surface area contributed by atoms with Gasteiger partial charge in [-0.25, -0.2) is 0 Å². The van der Waals surface area contributed by atoms with Gasteiger partial charge in [-0.1, -0.05) is 43.3 Å². The number of hydrogen-bond acceptors (Lipinski definition) is 3. The second-order valence-electron chi connectivity index (χ2n) is 5.19. The lowest BCUT2D eigenvalue weighted by atomic mass is 9.95. The summed E-state index contributed by atoms with van der Waals surface area (Å²) in [6, 6.07) is 15.3. The maximum Gasteiger partial charge on any atom is 0.232 e. The molecule has 1 aliphatic heterocycles. The van der Waals surface area contributed by atoms with Gasteiger partial charge in [0.2, 0.25) is 5.91 Å². The Balaban J connectivity index is 1.82. The molecule has 4 heteroatoms. The number of ether oxygens (including phenoxy) is 2. The minimum absolute atomic E-state index is 0.0312.